The first kappa shape index (κ1) is 22.1. The van der Waals surface area contributed by atoms with Crippen molar-refractivity contribution >= 4 is 16.0 Å². The van der Waals surface area contributed by atoms with Crippen LogP contribution in [0.15, 0.2) is 34.7 Å². The number of sulfonamides is 1. The molecule has 2 N–H and O–H groups in total. The summed E-state index contributed by atoms with van der Waals surface area (Å²) in [6.45, 7) is 3.05. The van der Waals surface area contributed by atoms with Crippen LogP contribution in [0.5, 0.6) is 11.5 Å². The Bertz CT molecular complexity index is 1210. The number of hydrogen-bond donors (Lipinski definition) is 2. The molecule has 0 spiro atoms. The van der Waals surface area contributed by atoms with E-state index in [0.29, 0.717) is 28.7 Å². The standard InChI is InChI=1S/C20H24N4O7S/c1-12-8-9-16(31-12)18-21-22-19(23-32(26,27)13(2)20(25)10-30-11-20)24(18)17-14(28-3)6-5-7-15(17)29-4/h5-9,13,25H,10-11H2,1-4H3,(H,22,23)/t13-/m0/s1. The number of aromatic nitrogens is 3. The zero-order valence-corrected chi connectivity index (χ0v) is 18.8. The van der Waals surface area contributed by atoms with Crippen LogP contribution in [0.25, 0.3) is 17.3 Å². The maximum absolute atomic E-state index is 13.1. The molecule has 0 amide bonds. The second-order valence-electron chi connectivity index (χ2n) is 7.49. The van der Waals surface area contributed by atoms with Crippen molar-refractivity contribution in [3.63, 3.8) is 0 Å². The summed E-state index contributed by atoms with van der Waals surface area (Å²) in [4.78, 5) is 0. The van der Waals surface area contributed by atoms with Gasteiger partial charge in [-0.25, -0.2) is 8.42 Å². The van der Waals surface area contributed by atoms with Crippen LogP contribution in [0, 0.1) is 6.92 Å². The van der Waals surface area contributed by atoms with Crippen LogP contribution < -0.4 is 14.2 Å². The smallest absolute Gasteiger partial charge is 0.243 e. The molecular formula is C20H24N4O7S. The lowest BCUT2D eigenvalue weighted by atomic mass is 9.99. The van der Waals surface area contributed by atoms with Crippen molar-refractivity contribution in [1.82, 2.24) is 14.8 Å². The number of anilines is 1. The summed E-state index contributed by atoms with van der Waals surface area (Å²) in [6, 6.07) is 8.59. The van der Waals surface area contributed by atoms with Gasteiger partial charge in [-0.1, -0.05) is 6.07 Å². The topological polar surface area (TPSA) is 138 Å². The SMILES string of the molecule is COc1cccc(OC)c1-n1c(NS(=O)(=O)[C@@H](C)C2(O)COC2)nnc1-c1ccc(C)o1. The first-order valence-electron chi connectivity index (χ1n) is 9.75. The fraction of sp³-hybridized carbons (Fsp3) is 0.400. The Morgan fingerprint density at radius 1 is 1.16 bits per heavy atom. The van der Waals surface area contributed by atoms with E-state index in [9.17, 15) is 13.5 Å². The highest BCUT2D eigenvalue weighted by Crippen LogP contribution is 2.38. The fourth-order valence-corrected chi connectivity index (χ4v) is 4.66. The van der Waals surface area contributed by atoms with Gasteiger partial charge in [0.05, 0.1) is 27.4 Å². The Labute approximate surface area is 185 Å². The highest BCUT2D eigenvalue weighted by Gasteiger charge is 2.48. The average molecular weight is 465 g/mol. The predicted octanol–water partition coefficient (Wildman–Crippen LogP) is 1.74. The van der Waals surface area contributed by atoms with Crippen molar-refractivity contribution < 1.29 is 32.2 Å². The summed E-state index contributed by atoms with van der Waals surface area (Å²) < 4.78 is 51.8. The predicted molar refractivity (Wildman–Crippen MR) is 115 cm³/mol. The van der Waals surface area contributed by atoms with Crippen LogP contribution in [0.3, 0.4) is 0 Å². The number of rotatable bonds is 8. The molecule has 2 aromatic heterocycles. The number of furan rings is 1. The number of nitrogens with zero attached hydrogens (tertiary/aromatic N) is 3. The highest BCUT2D eigenvalue weighted by molar-refractivity contribution is 7.93. The number of methoxy groups -OCH3 is 2. The van der Waals surface area contributed by atoms with Crippen LogP contribution in [-0.4, -0.2) is 66.6 Å². The van der Waals surface area contributed by atoms with Gasteiger partial charge in [-0.05, 0) is 38.1 Å². The maximum atomic E-state index is 13.1. The van der Waals surface area contributed by atoms with Crippen LogP contribution in [-0.2, 0) is 14.8 Å². The third-order valence-electron chi connectivity index (χ3n) is 5.41. The normalized spacial score (nSPS) is 16.3. The van der Waals surface area contributed by atoms with E-state index >= 15 is 0 Å². The molecule has 0 unspecified atom stereocenters. The molecule has 1 saturated heterocycles. The number of aliphatic hydroxyl groups is 1. The van der Waals surface area contributed by atoms with Gasteiger partial charge < -0.3 is 23.7 Å². The van der Waals surface area contributed by atoms with Crippen molar-refractivity contribution in [2.24, 2.45) is 0 Å². The molecule has 12 heteroatoms. The van der Waals surface area contributed by atoms with Crippen molar-refractivity contribution in [2.75, 3.05) is 32.2 Å². The van der Waals surface area contributed by atoms with Crippen LogP contribution in [0.1, 0.15) is 12.7 Å². The molecule has 172 valence electrons. The number of benzene rings is 1. The first-order valence-corrected chi connectivity index (χ1v) is 11.3. The largest absolute Gasteiger partial charge is 0.494 e. The van der Waals surface area contributed by atoms with Gasteiger partial charge in [0, 0.05) is 0 Å². The molecule has 0 radical (unpaired) electrons. The second-order valence-corrected chi connectivity index (χ2v) is 9.49. The van der Waals surface area contributed by atoms with Gasteiger partial charge in [-0.2, -0.15) is 0 Å². The Morgan fingerprint density at radius 3 is 2.31 bits per heavy atom. The van der Waals surface area contributed by atoms with E-state index in [1.54, 1.807) is 37.3 Å². The molecule has 4 rings (SSSR count). The van der Waals surface area contributed by atoms with Crippen LogP contribution >= 0.6 is 0 Å². The molecule has 1 atom stereocenters. The molecule has 3 aromatic rings. The molecular weight excluding hydrogens is 440 g/mol. The Balaban J connectivity index is 1.88. The lowest BCUT2D eigenvalue weighted by Gasteiger charge is -2.40. The summed E-state index contributed by atoms with van der Waals surface area (Å²) in [5.41, 5.74) is -1.11. The molecule has 0 bridgehead atoms. The van der Waals surface area contributed by atoms with Gasteiger partial charge in [0.25, 0.3) is 0 Å². The minimum Gasteiger partial charge on any atom is -0.494 e. The molecule has 0 aliphatic carbocycles. The molecule has 1 aliphatic heterocycles. The number of aryl methyl sites for hydroxylation is 1. The lowest BCUT2D eigenvalue weighted by Crippen LogP contribution is -2.60. The summed E-state index contributed by atoms with van der Waals surface area (Å²) >= 11 is 0. The minimum absolute atomic E-state index is 0.0704. The zero-order chi connectivity index (χ0) is 23.1. The molecule has 3 heterocycles. The number of nitrogens with one attached hydrogen (secondary N) is 1. The van der Waals surface area contributed by atoms with Crippen molar-refractivity contribution in [2.45, 2.75) is 24.7 Å². The molecule has 11 nitrogen and oxygen atoms in total. The van der Waals surface area contributed by atoms with E-state index < -0.39 is 20.9 Å². The lowest BCUT2D eigenvalue weighted by molar-refractivity contribution is -0.176. The molecule has 1 fully saturated rings. The molecule has 0 saturated carbocycles. The average Bonchev–Trinajstić information content (AvgIpc) is 3.36. The molecule has 32 heavy (non-hydrogen) atoms. The van der Waals surface area contributed by atoms with Crippen LogP contribution in [0.4, 0.5) is 5.95 Å². The Morgan fingerprint density at radius 2 is 1.81 bits per heavy atom. The van der Waals surface area contributed by atoms with E-state index in [1.807, 2.05) is 0 Å². The van der Waals surface area contributed by atoms with Crippen LogP contribution in [0.2, 0.25) is 0 Å². The van der Waals surface area contributed by atoms with E-state index in [-0.39, 0.29) is 25.0 Å². The van der Waals surface area contributed by atoms with Gasteiger partial charge >= 0.3 is 0 Å². The second kappa shape index (κ2) is 8.11. The van der Waals surface area contributed by atoms with Crippen molar-refractivity contribution in [3.8, 4) is 28.8 Å². The van der Waals surface area contributed by atoms with Gasteiger partial charge in [0.15, 0.2) is 5.76 Å². The maximum Gasteiger partial charge on any atom is 0.243 e. The van der Waals surface area contributed by atoms with E-state index in [1.165, 1.54) is 25.7 Å². The van der Waals surface area contributed by atoms with Crippen molar-refractivity contribution in [3.05, 3.63) is 36.1 Å². The molecule has 1 aromatic carbocycles. The number of para-hydroxylation sites is 1. The zero-order valence-electron chi connectivity index (χ0n) is 18.0. The highest BCUT2D eigenvalue weighted by atomic mass is 32.2. The third kappa shape index (κ3) is 3.70. The van der Waals surface area contributed by atoms with E-state index in [2.05, 4.69) is 14.9 Å². The summed E-state index contributed by atoms with van der Waals surface area (Å²) in [5.74, 6) is 1.92. The Kier molecular flexibility index (Phi) is 5.61. The van der Waals surface area contributed by atoms with Gasteiger partial charge in [0.1, 0.15) is 33.8 Å². The first-order chi connectivity index (χ1) is 15.2. The van der Waals surface area contributed by atoms with Crippen molar-refractivity contribution in [1.29, 1.82) is 0 Å². The monoisotopic (exact) mass is 464 g/mol. The summed E-state index contributed by atoms with van der Waals surface area (Å²) in [7, 11) is -1.11. The number of ether oxygens (including phenoxy) is 3. The van der Waals surface area contributed by atoms with E-state index in [0.717, 1.165) is 0 Å². The van der Waals surface area contributed by atoms with E-state index in [4.69, 9.17) is 18.6 Å². The Hall–Kier alpha value is -3.09. The summed E-state index contributed by atoms with van der Waals surface area (Å²) in [5, 5.41) is 17.5. The van der Waals surface area contributed by atoms with Gasteiger partial charge in [-0.3, -0.25) is 9.29 Å². The summed E-state index contributed by atoms with van der Waals surface area (Å²) in [6.07, 6.45) is 0. The minimum atomic E-state index is -4.08. The number of hydrogen-bond acceptors (Lipinski definition) is 9. The third-order valence-corrected chi connectivity index (χ3v) is 7.25. The van der Waals surface area contributed by atoms with Gasteiger partial charge in [0.2, 0.25) is 21.8 Å². The fourth-order valence-electron chi connectivity index (χ4n) is 3.38. The molecule has 1 aliphatic rings. The quantitative estimate of drug-likeness (QED) is 0.510. The van der Waals surface area contributed by atoms with Gasteiger partial charge in [-0.15, -0.1) is 10.2 Å².